The van der Waals surface area contributed by atoms with Gasteiger partial charge >= 0.3 is 0 Å². The highest BCUT2D eigenvalue weighted by atomic mass is 19.1. The normalized spacial score (nSPS) is 12.4. The first-order valence-electron chi connectivity index (χ1n) is 7.18. The van der Waals surface area contributed by atoms with Gasteiger partial charge in [-0.25, -0.2) is 0 Å². The largest absolute Gasteiger partial charge is 0.384 e. The Balaban J connectivity index is 2.29. The molecule has 0 unspecified atom stereocenters. The summed E-state index contributed by atoms with van der Waals surface area (Å²) in [6.45, 7) is 3.75. The molecular formula is C17H19FN2O. The number of hydrogen-bond donors (Lipinski definition) is 1. The van der Waals surface area contributed by atoms with Gasteiger partial charge in [0.15, 0.2) is 0 Å². The van der Waals surface area contributed by atoms with Crippen LogP contribution in [0.25, 0.3) is 21.8 Å². The summed E-state index contributed by atoms with van der Waals surface area (Å²) >= 11 is 0. The molecule has 0 saturated carbocycles. The zero-order valence-corrected chi connectivity index (χ0v) is 12.3. The summed E-state index contributed by atoms with van der Waals surface area (Å²) in [7, 11) is 0. The smallest absolute Gasteiger partial charge is 0.101 e. The van der Waals surface area contributed by atoms with Crippen molar-refractivity contribution in [1.29, 1.82) is 0 Å². The van der Waals surface area contributed by atoms with Crippen molar-refractivity contribution in [3.05, 3.63) is 42.2 Å². The van der Waals surface area contributed by atoms with Gasteiger partial charge in [0.25, 0.3) is 0 Å². The Hall–Kier alpha value is -1.94. The number of rotatable bonds is 4. The van der Waals surface area contributed by atoms with Gasteiger partial charge in [-0.15, -0.1) is 0 Å². The second-order valence-corrected chi connectivity index (χ2v) is 5.86. The van der Waals surface area contributed by atoms with E-state index in [1.54, 1.807) is 20.0 Å². The van der Waals surface area contributed by atoms with Crippen LogP contribution in [0.4, 0.5) is 4.39 Å². The maximum atomic E-state index is 12.5. The molecule has 0 bridgehead atoms. The standard InChI is InChI=1S/C17H19FN2O/c1-17(2,21)16-10-13-12-6-3-4-7-14(12)20(9-5-8-18)15(13)11-19-16/h3-4,6-7,10-11,21H,5,8-9H2,1-2H3. The summed E-state index contributed by atoms with van der Waals surface area (Å²) in [5.41, 5.74) is 1.73. The molecule has 0 amide bonds. The third-order valence-corrected chi connectivity index (χ3v) is 3.80. The Kier molecular flexibility index (Phi) is 3.41. The first kappa shape index (κ1) is 14.0. The zero-order chi connectivity index (χ0) is 15.0. The van der Waals surface area contributed by atoms with Crippen molar-refractivity contribution in [3.8, 4) is 0 Å². The molecule has 0 atom stereocenters. The number of hydrogen-bond acceptors (Lipinski definition) is 2. The van der Waals surface area contributed by atoms with Crippen molar-refractivity contribution < 1.29 is 9.50 Å². The van der Waals surface area contributed by atoms with E-state index in [-0.39, 0.29) is 6.67 Å². The lowest BCUT2D eigenvalue weighted by Crippen LogP contribution is -2.17. The molecule has 0 aliphatic rings. The summed E-state index contributed by atoms with van der Waals surface area (Å²) in [6.07, 6.45) is 2.27. The Morgan fingerprint density at radius 3 is 2.67 bits per heavy atom. The van der Waals surface area contributed by atoms with Crippen molar-refractivity contribution in [2.45, 2.75) is 32.4 Å². The van der Waals surface area contributed by atoms with Gasteiger partial charge in [0.05, 0.1) is 24.1 Å². The Labute approximate surface area is 123 Å². The minimum absolute atomic E-state index is 0.330. The number of aryl methyl sites for hydroxylation is 1. The Morgan fingerprint density at radius 2 is 1.95 bits per heavy atom. The van der Waals surface area contributed by atoms with E-state index < -0.39 is 5.60 Å². The molecule has 4 heteroatoms. The van der Waals surface area contributed by atoms with Crippen molar-refractivity contribution >= 4 is 21.8 Å². The highest BCUT2D eigenvalue weighted by Crippen LogP contribution is 2.31. The summed E-state index contributed by atoms with van der Waals surface area (Å²) in [5, 5.41) is 12.3. The molecule has 1 N–H and O–H groups in total. The Morgan fingerprint density at radius 1 is 1.19 bits per heavy atom. The molecule has 0 saturated heterocycles. The molecule has 0 fully saturated rings. The highest BCUT2D eigenvalue weighted by Gasteiger charge is 2.20. The maximum absolute atomic E-state index is 12.5. The van der Waals surface area contributed by atoms with Crippen molar-refractivity contribution in [1.82, 2.24) is 9.55 Å². The highest BCUT2D eigenvalue weighted by molar-refractivity contribution is 6.07. The summed E-state index contributed by atoms with van der Waals surface area (Å²) < 4.78 is 14.6. The fourth-order valence-electron chi connectivity index (χ4n) is 2.74. The zero-order valence-electron chi connectivity index (χ0n) is 12.3. The number of fused-ring (bicyclic) bond motifs is 3. The summed E-state index contributed by atoms with van der Waals surface area (Å²) in [5.74, 6) is 0. The number of pyridine rings is 1. The van der Waals surface area contributed by atoms with Crippen LogP contribution in [0.15, 0.2) is 36.5 Å². The van der Waals surface area contributed by atoms with Crippen LogP contribution < -0.4 is 0 Å². The van der Waals surface area contributed by atoms with Crippen LogP contribution in [0.3, 0.4) is 0 Å². The van der Waals surface area contributed by atoms with Crippen molar-refractivity contribution in [2.75, 3.05) is 6.67 Å². The van der Waals surface area contributed by atoms with Gasteiger partial charge in [0.2, 0.25) is 0 Å². The minimum atomic E-state index is -0.976. The lowest BCUT2D eigenvalue weighted by molar-refractivity contribution is 0.0740. The average Bonchev–Trinajstić information content (AvgIpc) is 2.78. The molecule has 3 rings (SSSR count). The molecule has 21 heavy (non-hydrogen) atoms. The number of aliphatic hydroxyl groups is 1. The van der Waals surface area contributed by atoms with Gasteiger partial charge in [-0.2, -0.15) is 0 Å². The first-order chi connectivity index (χ1) is 10.0. The second-order valence-electron chi connectivity index (χ2n) is 5.86. The molecular weight excluding hydrogens is 267 g/mol. The fourth-order valence-corrected chi connectivity index (χ4v) is 2.74. The SMILES string of the molecule is CC(C)(O)c1cc2c3ccccc3n(CCCF)c2cn1. The number of alkyl halides is 1. The number of aromatic nitrogens is 2. The van der Waals surface area contributed by atoms with E-state index in [0.29, 0.717) is 18.7 Å². The van der Waals surface area contributed by atoms with E-state index in [0.717, 1.165) is 21.8 Å². The van der Waals surface area contributed by atoms with Gasteiger partial charge in [-0.05, 0) is 32.4 Å². The van der Waals surface area contributed by atoms with Crippen LogP contribution in [-0.4, -0.2) is 21.3 Å². The second kappa shape index (κ2) is 5.11. The van der Waals surface area contributed by atoms with Crippen molar-refractivity contribution in [3.63, 3.8) is 0 Å². The fraction of sp³-hybridized carbons (Fsp3) is 0.353. The predicted octanol–water partition coefficient (Wildman–Crippen LogP) is 3.78. The van der Waals surface area contributed by atoms with Gasteiger partial charge in [-0.3, -0.25) is 9.37 Å². The number of benzene rings is 1. The van der Waals surface area contributed by atoms with Crippen molar-refractivity contribution in [2.24, 2.45) is 0 Å². The summed E-state index contributed by atoms with van der Waals surface area (Å²) in [4.78, 5) is 4.38. The third kappa shape index (κ3) is 2.40. The van der Waals surface area contributed by atoms with Crippen LogP contribution in [0, 0.1) is 0 Å². The monoisotopic (exact) mass is 286 g/mol. The van der Waals surface area contributed by atoms with Gasteiger partial charge < -0.3 is 9.67 Å². The number of halogens is 1. The van der Waals surface area contributed by atoms with E-state index in [9.17, 15) is 9.50 Å². The first-order valence-corrected chi connectivity index (χ1v) is 7.18. The molecule has 1 aromatic carbocycles. The number of nitrogens with zero attached hydrogens (tertiary/aromatic N) is 2. The van der Waals surface area contributed by atoms with E-state index >= 15 is 0 Å². The van der Waals surface area contributed by atoms with E-state index in [4.69, 9.17) is 0 Å². The van der Waals surface area contributed by atoms with Gasteiger partial charge in [0, 0.05) is 22.8 Å². The molecule has 2 aromatic heterocycles. The summed E-state index contributed by atoms with van der Waals surface area (Å²) in [6, 6.07) is 10.0. The Bertz CT molecular complexity index is 786. The van der Waals surface area contributed by atoms with Gasteiger partial charge in [0.1, 0.15) is 5.60 Å². The third-order valence-electron chi connectivity index (χ3n) is 3.80. The lowest BCUT2D eigenvalue weighted by Gasteiger charge is -2.16. The molecule has 0 aliphatic heterocycles. The predicted molar refractivity (Wildman–Crippen MR) is 83.1 cm³/mol. The molecule has 0 radical (unpaired) electrons. The average molecular weight is 286 g/mol. The molecule has 0 spiro atoms. The van der Waals surface area contributed by atoms with E-state index in [2.05, 4.69) is 15.6 Å². The lowest BCUT2D eigenvalue weighted by atomic mass is 10.0. The molecule has 3 aromatic rings. The number of para-hydroxylation sites is 1. The molecule has 0 aliphatic carbocycles. The van der Waals surface area contributed by atoms with Crippen LogP contribution in [-0.2, 0) is 12.1 Å². The molecule has 2 heterocycles. The molecule has 3 nitrogen and oxygen atoms in total. The van der Waals surface area contributed by atoms with Crippen LogP contribution in [0.5, 0.6) is 0 Å². The topological polar surface area (TPSA) is 38.0 Å². The maximum Gasteiger partial charge on any atom is 0.101 e. The van der Waals surface area contributed by atoms with Gasteiger partial charge in [-0.1, -0.05) is 18.2 Å². The van der Waals surface area contributed by atoms with Crippen LogP contribution in [0.2, 0.25) is 0 Å². The minimum Gasteiger partial charge on any atom is -0.384 e. The van der Waals surface area contributed by atoms with Crippen LogP contribution >= 0.6 is 0 Å². The van der Waals surface area contributed by atoms with Crippen LogP contribution in [0.1, 0.15) is 26.0 Å². The molecule has 110 valence electrons. The quantitative estimate of drug-likeness (QED) is 0.792. The van der Waals surface area contributed by atoms with E-state index in [1.165, 1.54) is 0 Å². The van der Waals surface area contributed by atoms with E-state index in [1.807, 2.05) is 24.3 Å².